The molecule has 2 aliphatic heterocycles. The van der Waals surface area contributed by atoms with Gasteiger partial charge in [-0.25, -0.2) is 13.1 Å². The molecule has 3 aliphatic rings. The number of fused-ring (bicyclic) bond motifs is 2. The summed E-state index contributed by atoms with van der Waals surface area (Å²) in [5, 5.41) is 10.5. The number of unbranched alkanes of at least 4 members (excludes halogenated alkanes) is 1. The van der Waals surface area contributed by atoms with Crippen molar-refractivity contribution < 1.29 is 23.1 Å². The van der Waals surface area contributed by atoms with Gasteiger partial charge in [-0.1, -0.05) is 57.4 Å². The van der Waals surface area contributed by atoms with E-state index in [1.807, 2.05) is 13.0 Å². The molecular weight excluding hydrogens is 536 g/mol. The average Bonchev–Trinajstić information content (AvgIpc) is 3.12. The Kier molecular flexibility index (Phi) is 9.59. The Morgan fingerprint density at radius 3 is 2.59 bits per heavy atom. The number of rotatable bonds is 5. The van der Waals surface area contributed by atoms with Crippen LogP contribution in [0.2, 0.25) is 0 Å². The first-order valence-electron chi connectivity index (χ1n) is 15.6. The van der Waals surface area contributed by atoms with Crippen LogP contribution < -0.4 is 14.4 Å². The van der Waals surface area contributed by atoms with Crippen LogP contribution in [-0.2, 0) is 16.4 Å². The number of carbonyl (C=O) groups is 1. The topological polar surface area (TPSA) is 95.9 Å². The lowest BCUT2D eigenvalue weighted by molar-refractivity contribution is 0.00934. The number of carbonyl (C=O) groups excluding carboxylic acids is 1. The van der Waals surface area contributed by atoms with Gasteiger partial charge in [-0.15, -0.1) is 0 Å². The molecule has 5 atom stereocenters. The molecule has 5 rings (SSSR count). The number of benzene rings is 2. The molecule has 224 valence electrons. The molecule has 2 heterocycles. The predicted octanol–water partition coefficient (Wildman–Crippen LogP) is 5.81. The number of aliphatic hydroxyl groups is 1. The maximum absolute atomic E-state index is 13.3. The van der Waals surface area contributed by atoms with E-state index in [0.717, 1.165) is 57.3 Å². The van der Waals surface area contributed by atoms with Gasteiger partial charge in [-0.3, -0.25) is 4.79 Å². The van der Waals surface area contributed by atoms with Crippen LogP contribution in [0.1, 0.15) is 99.0 Å². The normalized spacial score (nSPS) is 28.4. The molecule has 1 aliphatic carbocycles. The van der Waals surface area contributed by atoms with E-state index in [-0.39, 0.29) is 17.9 Å². The highest BCUT2D eigenvalue weighted by Crippen LogP contribution is 2.43. The summed E-state index contributed by atoms with van der Waals surface area (Å²) in [6.07, 6.45) is 8.10. The first-order chi connectivity index (χ1) is 19.8. The first-order valence-corrected chi connectivity index (χ1v) is 17.2. The summed E-state index contributed by atoms with van der Waals surface area (Å²) in [4.78, 5) is 15.6. The number of hydrogen-bond donors (Lipinski definition) is 2. The van der Waals surface area contributed by atoms with Gasteiger partial charge in [0.25, 0.3) is 5.91 Å². The molecule has 2 bridgehead atoms. The monoisotopic (exact) mass is 582 g/mol. The molecule has 8 heteroatoms. The van der Waals surface area contributed by atoms with Gasteiger partial charge in [0.05, 0.1) is 23.6 Å². The predicted molar refractivity (Wildman–Crippen MR) is 163 cm³/mol. The maximum Gasteiger partial charge on any atom is 0.264 e. The number of nitrogens with one attached hydrogen (secondary N) is 1. The number of sulfonamides is 1. The second-order valence-corrected chi connectivity index (χ2v) is 14.2. The van der Waals surface area contributed by atoms with Crippen molar-refractivity contribution in [2.75, 3.05) is 24.6 Å². The Morgan fingerprint density at radius 1 is 1.02 bits per heavy atom. The Labute approximate surface area is 245 Å². The highest BCUT2D eigenvalue weighted by Gasteiger charge is 2.39. The third-order valence-corrected chi connectivity index (χ3v) is 11.5. The SMILES string of the molecule is CCCCc1ccccc1[C@@H]1COc2ccc3cc2N(C1)C[C@@H]1CC[C@H]1[C@@H](O)CCCC[C@@H](CC)S(=O)(=O)NC3=O. The summed E-state index contributed by atoms with van der Waals surface area (Å²) in [5.41, 5.74) is 3.80. The van der Waals surface area contributed by atoms with Crippen LogP contribution in [-0.4, -0.2) is 50.5 Å². The molecule has 7 nitrogen and oxygen atoms in total. The van der Waals surface area contributed by atoms with Crippen LogP contribution in [0.15, 0.2) is 42.5 Å². The van der Waals surface area contributed by atoms with Gasteiger partial charge in [0.1, 0.15) is 5.75 Å². The largest absolute Gasteiger partial charge is 0.491 e. The third kappa shape index (κ3) is 6.75. The van der Waals surface area contributed by atoms with Crippen molar-refractivity contribution in [2.45, 2.75) is 95.3 Å². The zero-order valence-electron chi connectivity index (χ0n) is 24.6. The van der Waals surface area contributed by atoms with Gasteiger partial charge in [0.15, 0.2) is 0 Å². The Bertz CT molecular complexity index is 1310. The first kappa shape index (κ1) is 29.9. The van der Waals surface area contributed by atoms with Crippen molar-refractivity contribution in [2.24, 2.45) is 11.8 Å². The Hall–Kier alpha value is -2.58. The minimum absolute atomic E-state index is 0.146. The minimum atomic E-state index is -3.83. The summed E-state index contributed by atoms with van der Waals surface area (Å²) in [6.45, 7) is 6.09. The van der Waals surface area contributed by atoms with Gasteiger partial charge in [-0.2, -0.15) is 0 Å². The van der Waals surface area contributed by atoms with Crippen molar-refractivity contribution in [3.05, 3.63) is 59.2 Å². The quantitative estimate of drug-likeness (QED) is 0.462. The molecule has 1 amide bonds. The zero-order valence-corrected chi connectivity index (χ0v) is 25.4. The summed E-state index contributed by atoms with van der Waals surface area (Å²) in [5.74, 6) is 0.861. The van der Waals surface area contributed by atoms with E-state index >= 15 is 0 Å². The van der Waals surface area contributed by atoms with Gasteiger partial charge in [0, 0.05) is 24.6 Å². The summed E-state index contributed by atoms with van der Waals surface area (Å²) in [6, 6.07) is 13.9. The van der Waals surface area contributed by atoms with E-state index in [1.54, 1.807) is 12.1 Å². The summed E-state index contributed by atoms with van der Waals surface area (Å²) in [7, 11) is -3.83. The molecule has 1 fully saturated rings. The van der Waals surface area contributed by atoms with E-state index < -0.39 is 21.2 Å². The second kappa shape index (κ2) is 13.2. The van der Waals surface area contributed by atoms with Crippen molar-refractivity contribution in [3.8, 4) is 5.75 Å². The van der Waals surface area contributed by atoms with Crippen molar-refractivity contribution >= 4 is 21.6 Å². The molecule has 2 aromatic rings. The molecule has 0 radical (unpaired) electrons. The van der Waals surface area contributed by atoms with Gasteiger partial charge >= 0.3 is 0 Å². The minimum Gasteiger partial charge on any atom is -0.491 e. The van der Waals surface area contributed by atoms with Crippen LogP contribution in [0.5, 0.6) is 5.75 Å². The summed E-state index contributed by atoms with van der Waals surface area (Å²) >= 11 is 0. The molecule has 41 heavy (non-hydrogen) atoms. The van der Waals surface area contributed by atoms with Gasteiger partial charge in [0.2, 0.25) is 10.0 Å². The fourth-order valence-corrected chi connectivity index (χ4v) is 8.38. The third-order valence-electron chi connectivity index (χ3n) is 9.57. The van der Waals surface area contributed by atoms with Crippen LogP contribution in [0, 0.1) is 11.8 Å². The maximum atomic E-state index is 13.3. The number of anilines is 1. The highest BCUT2D eigenvalue weighted by molar-refractivity contribution is 7.90. The van der Waals surface area contributed by atoms with E-state index in [4.69, 9.17) is 4.74 Å². The van der Waals surface area contributed by atoms with Crippen LogP contribution in [0.3, 0.4) is 0 Å². The molecule has 0 aromatic heterocycles. The number of aryl methyl sites for hydroxylation is 1. The number of amides is 1. The van der Waals surface area contributed by atoms with E-state index in [1.165, 1.54) is 11.1 Å². The number of nitrogens with zero attached hydrogens (tertiary/aromatic N) is 1. The van der Waals surface area contributed by atoms with Crippen LogP contribution in [0.25, 0.3) is 0 Å². The second-order valence-electron chi connectivity index (χ2n) is 12.3. The number of aliphatic hydroxyl groups excluding tert-OH is 1. The zero-order chi connectivity index (χ0) is 29.0. The van der Waals surface area contributed by atoms with Gasteiger partial charge in [-0.05, 0) is 86.1 Å². The van der Waals surface area contributed by atoms with Crippen molar-refractivity contribution in [1.82, 2.24) is 4.72 Å². The molecule has 0 spiro atoms. The fraction of sp³-hybridized carbons (Fsp3) is 0.606. The summed E-state index contributed by atoms with van der Waals surface area (Å²) < 4.78 is 35.1. The van der Waals surface area contributed by atoms with E-state index in [9.17, 15) is 18.3 Å². The van der Waals surface area contributed by atoms with Crippen LogP contribution >= 0.6 is 0 Å². The standard InChI is InChI=1S/C33H46N2O5S/c1-3-5-10-23-11-6-8-13-28(23)26-21-35-20-25-15-17-29(25)31(36)14-9-7-12-27(4-2)41(38,39)34-33(37)24-16-18-32(40-22-26)30(35)19-24/h6,8,11,13,16,18-19,25-27,29,31,36H,3-5,7,9-10,12,14-15,17,20-22H2,1-2H3,(H,34,37)/t25-,26-,27+,29+,31-/m0/s1. The molecular formula is C33H46N2O5S. The highest BCUT2D eigenvalue weighted by atomic mass is 32.2. The number of hydrogen-bond acceptors (Lipinski definition) is 6. The molecule has 0 saturated heterocycles. The average molecular weight is 583 g/mol. The van der Waals surface area contributed by atoms with Crippen molar-refractivity contribution in [1.29, 1.82) is 0 Å². The lowest BCUT2D eigenvalue weighted by atomic mass is 9.69. The molecule has 1 saturated carbocycles. The van der Waals surface area contributed by atoms with E-state index in [0.29, 0.717) is 49.5 Å². The Balaban J connectivity index is 1.51. The Morgan fingerprint density at radius 2 is 1.83 bits per heavy atom. The lowest BCUT2D eigenvalue weighted by Gasteiger charge is -2.43. The smallest absolute Gasteiger partial charge is 0.264 e. The van der Waals surface area contributed by atoms with E-state index in [2.05, 4.69) is 40.8 Å². The fourth-order valence-electron chi connectivity index (χ4n) is 6.92. The number of ether oxygens (including phenoxy) is 1. The van der Waals surface area contributed by atoms with Gasteiger partial charge < -0.3 is 14.7 Å². The van der Waals surface area contributed by atoms with Crippen LogP contribution in [0.4, 0.5) is 5.69 Å². The van der Waals surface area contributed by atoms with Crippen molar-refractivity contribution in [3.63, 3.8) is 0 Å². The lowest BCUT2D eigenvalue weighted by Crippen LogP contribution is -2.44. The molecule has 2 N–H and O–H groups in total. The molecule has 2 aromatic carbocycles. The molecule has 0 unspecified atom stereocenters.